The molecule has 1 fully saturated rings. The van der Waals surface area contributed by atoms with Gasteiger partial charge in [0.25, 0.3) is 0 Å². The lowest BCUT2D eigenvalue weighted by Crippen LogP contribution is -2.42. The van der Waals surface area contributed by atoms with Crippen LogP contribution in [0.2, 0.25) is 0 Å². The van der Waals surface area contributed by atoms with Gasteiger partial charge in [0, 0.05) is 24.7 Å². The van der Waals surface area contributed by atoms with Crippen molar-refractivity contribution in [2.24, 2.45) is 0 Å². The Morgan fingerprint density at radius 3 is 2.62 bits per heavy atom. The standard InChI is InChI=1S/C13H13F3N2O3/c14-13(15,16)7-1-3-10(9(5-7)12(20)21)18-8-2-4-11(19)17-6-8/h1,3,5,8,18H,2,4,6H2,(H,17,19)(H,20,21). The summed E-state index contributed by atoms with van der Waals surface area (Å²) >= 11 is 0. The summed E-state index contributed by atoms with van der Waals surface area (Å²) in [5.74, 6) is -1.54. The molecule has 114 valence electrons. The Hall–Kier alpha value is -2.25. The second kappa shape index (κ2) is 5.63. The van der Waals surface area contributed by atoms with E-state index in [1.807, 2.05) is 0 Å². The summed E-state index contributed by atoms with van der Waals surface area (Å²) in [5, 5.41) is 14.5. The predicted molar refractivity (Wildman–Crippen MR) is 68.1 cm³/mol. The highest BCUT2D eigenvalue weighted by atomic mass is 19.4. The van der Waals surface area contributed by atoms with E-state index < -0.39 is 23.3 Å². The number of alkyl halides is 3. The number of piperidine rings is 1. The molecule has 21 heavy (non-hydrogen) atoms. The Bertz CT molecular complexity index is 562. The van der Waals surface area contributed by atoms with Crippen LogP contribution in [-0.2, 0) is 11.0 Å². The maximum absolute atomic E-state index is 12.6. The molecule has 0 aromatic heterocycles. The lowest BCUT2D eigenvalue weighted by atomic mass is 10.0. The zero-order valence-electron chi connectivity index (χ0n) is 10.8. The minimum absolute atomic E-state index is 0.0982. The number of carboxylic acids is 1. The van der Waals surface area contributed by atoms with Gasteiger partial charge in [-0.2, -0.15) is 13.2 Å². The summed E-state index contributed by atoms with van der Waals surface area (Å²) < 4.78 is 37.8. The van der Waals surface area contributed by atoms with Gasteiger partial charge in [-0.15, -0.1) is 0 Å². The normalized spacial score (nSPS) is 19.0. The van der Waals surface area contributed by atoms with Gasteiger partial charge < -0.3 is 15.7 Å². The molecule has 3 N–H and O–H groups in total. The maximum atomic E-state index is 12.6. The summed E-state index contributed by atoms with van der Waals surface area (Å²) in [7, 11) is 0. The van der Waals surface area contributed by atoms with E-state index in [0.29, 0.717) is 25.5 Å². The molecule has 0 saturated carbocycles. The number of carbonyl (C=O) groups is 2. The Morgan fingerprint density at radius 1 is 1.38 bits per heavy atom. The summed E-state index contributed by atoms with van der Waals surface area (Å²) in [6.07, 6.45) is -3.81. The number of anilines is 1. The average molecular weight is 302 g/mol. The summed E-state index contributed by atoms with van der Waals surface area (Å²) in [6, 6.07) is 2.32. The van der Waals surface area contributed by atoms with Gasteiger partial charge in [0.05, 0.1) is 11.1 Å². The number of halogens is 3. The van der Waals surface area contributed by atoms with Gasteiger partial charge >= 0.3 is 12.1 Å². The number of amides is 1. The van der Waals surface area contributed by atoms with Crippen molar-refractivity contribution in [3.63, 3.8) is 0 Å². The molecule has 1 saturated heterocycles. The van der Waals surface area contributed by atoms with Crippen LogP contribution < -0.4 is 10.6 Å². The van der Waals surface area contributed by atoms with E-state index in [1.165, 1.54) is 0 Å². The fourth-order valence-corrected chi connectivity index (χ4v) is 2.10. The Morgan fingerprint density at radius 2 is 2.10 bits per heavy atom. The van der Waals surface area contributed by atoms with Crippen LogP contribution in [0.1, 0.15) is 28.8 Å². The molecule has 1 unspecified atom stereocenters. The largest absolute Gasteiger partial charge is 0.478 e. The first-order chi connectivity index (χ1) is 9.77. The van der Waals surface area contributed by atoms with Gasteiger partial charge in [-0.3, -0.25) is 4.79 Å². The zero-order valence-corrected chi connectivity index (χ0v) is 10.8. The molecule has 0 radical (unpaired) electrons. The fraction of sp³-hybridized carbons (Fsp3) is 0.385. The average Bonchev–Trinajstić information content (AvgIpc) is 2.40. The molecule has 1 aliphatic rings. The Kier molecular flexibility index (Phi) is 4.06. The summed E-state index contributed by atoms with van der Waals surface area (Å²) in [6.45, 7) is 0.304. The molecule has 1 aromatic rings. The third-order valence-corrected chi connectivity index (χ3v) is 3.20. The molecule has 0 aliphatic carbocycles. The van der Waals surface area contributed by atoms with Crippen molar-refractivity contribution in [2.45, 2.75) is 25.1 Å². The van der Waals surface area contributed by atoms with Crippen molar-refractivity contribution >= 4 is 17.6 Å². The van der Waals surface area contributed by atoms with Crippen molar-refractivity contribution in [1.29, 1.82) is 0 Å². The number of nitrogens with one attached hydrogen (secondary N) is 2. The molecule has 8 heteroatoms. The van der Waals surface area contributed by atoms with Crippen LogP contribution in [0.3, 0.4) is 0 Å². The number of benzene rings is 1. The second-order valence-electron chi connectivity index (χ2n) is 4.75. The van der Waals surface area contributed by atoms with E-state index in [9.17, 15) is 22.8 Å². The summed E-state index contributed by atoms with van der Waals surface area (Å²) in [5.41, 5.74) is -1.35. The number of carbonyl (C=O) groups excluding carboxylic acids is 1. The minimum Gasteiger partial charge on any atom is -0.478 e. The molecule has 1 aromatic carbocycles. The smallest absolute Gasteiger partial charge is 0.416 e. The fourth-order valence-electron chi connectivity index (χ4n) is 2.10. The Balaban J connectivity index is 2.23. The predicted octanol–water partition coefficient (Wildman–Crippen LogP) is 2.09. The van der Waals surface area contributed by atoms with Crippen molar-refractivity contribution in [2.75, 3.05) is 11.9 Å². The monoisotopic (exact) mass is 302 g/mol. The SMILES string of the molecule is O=C1CCC(Nc2ccc(C(F)(F)F)cc2C(=O)O)CN1. The lowest BCUT2D eigenvalue weighted by Gasteiger charge is -2.25. The van der Waals surface area contributed by atoms with E-state index in [0.717, 1.165) is 12.1 Å². The van der Waals surface area contributed by atoms with E-state index in [2.05, 4.69) is 10.6 Å². The van der Waals surface area contributed by atoms with Crippen LogP contribution in [0.5, 0.6) is 0 Å². The molecule has 2 rings (SSSR count). The third-order valence-electron chi connectivity index (χ3n) is 3.20. The van der Waals surface area contributed by atoms with Crippen LogP contribution in [0.25, 0.3) is 0 Å². The molecule has 0 bridgehead atoms. The van der Waals surface area contributed by atoms with Crippen LogP contribution in [0.4, 0.5) is 18.9 Å². The highest BCUT2D eigenvalue weighted by molar-refractivity contribution is 5.94. The third kappa shape index (κ3) is 3.65. The van der Waals surface area contributed by atoms with E-state index in [4.69, 9.17) is 5.11 Å². The molecule has 1 atom stereocenters. The number of carboxylic acid groups (broad SMARTS) is 1. The minimum atomic E-state index is -4.60. The van der Waals surface area contributed by atoms with Crippen molar-refractivity contribution in [1.82, 2.24) is 5.32 Å². The number of hydrogen-bond donors (Lipinski definition) is 3. The van der Waals surface area contributed by atoms with E-state index in [1.54, 1.807) is 0 Å². The van der Waals surface area contributed by atoms with Gasteiger partial charge in [0.2, 0.25) is 5.91 Å². The summed E-state index contributed by atoms with van der Waals surface area (Å²) in [4.78, 5) is 22.2. The van der Waals surface area contributed by atoms with Gasteiger partial charge in [-0.05, 0) is 24.6 Å². The molecular weight excluding hydrogens is 289 g/mol. The van der Waals surface area contributed by atoms with Crippen molar-refractivity contribution in [3.8, 4) is 0 Å². The Labute approximate surface area is 118 Å². The van der Waals surface area contributed by atoms with E-state index in [-0.39, 0.29) is 17.6 Å². The first kappa shape index (κ1) is 15.1. The van der Waals surface area contributed by atoms with Gasteiger partial charge in [0.15, 0.2) is 0 Å². The number of aromatic carboxylic acids is 1. The van der Waals surface area contributed by atoms with Crippen molar-refractivity contribution in [3.05, 3.63) is 29.3 Å². The second-order valence-corrected chi connectivity index (χ2v) is 4.75. The van der Waals surface area contributed by atoms with Crippen molar-refractivity contribution < 1.29 is 27.9 Å². The highest BCUT2D eigenvalue weighted by Gasteiger charge is 2.32. The molecule has 1 amide bonds. The van der Waals surface area contributed by atoms with Gasteiger partial charge in [-0.25, -0.2) is 4.79 Å². The molecule has 1 heterocycles. The molecular formula is C13H13F3N2O3. The lowest BCUT2D eigenvalue weighted by molar-refractivity contribution is -0.137. The highest BCUT2D eigenvalue weighted by Crippen LogP contribution is 2.32. The van der Waals surface area contributed by atoms with Crippen LogP contribution in [0, 0.1) is 0 Å². The van der Waals surface area contributed by atoms with Gasteiger partial charge in [0.1, 0.15) is 0 Å². The van der Waals surface area contributed by atoms with E-state index >= 15 is 0 Å². The van der Waals surface area contributed by atoms with Crippen LogP contribution >= 0.6 is 0 Å². The molecule has 1 aliphatic heterocycles. The first-order valence-corrected chi connectivity index (χ1v) is 6.25. The number of rotatable bonds is 3. The number of hydrogen-bond acceptors (Lipinski definition) is 3. The zero-order chi connectivity index (χ0) is 15.6. The quantitative estimate of drug-likeness (QED) is 0.799. The first-order valence-electron chi connectivity index (χ1n) is 6.25. The van der Waals surface area contributed by atoms with Gasteiger partial charge in [-0.1, -0.05) is 0 Å². The van der Waals surface area contributed by atoms with Crippen LogP contribution in [0.15, 0.2) is 18.2 Å². The molecule has 0 spiro atoms. The van der Waals surface area contributed by atoms with Crippen LogP contribution in [-0.4, -0.2) is 29.6 Å². The topological polar surface area (TPSA) is 78.4 Å². The maximum Gasteiger partial charge on any atom is 0.416 e. The molecule has 5 nitrogen and oxygen atoms in total.